The summed E-state index contributed by atoms with van der Waals surface area (Å²) in [6.07, 6.45) is 0. The number of carboxylic acid groups (broad SMARTS) is 1. The van der Waals surface area contributed by atoms with Gasteiger partial charge < -0.3 is 9.84 Å². The van der Waals surface area contributed by atoms with E-state index in [4.69, 9.17) is 9.84 Å². The molecular weight excluding hydrogens is 282 g/mol. The van der Waals surface area contributed by atoms with Crippen molar-refractivity contribution < 1.29 is 14.6 Å². The van der Waals surface area contributed by atoms with E-state index in [1.807, 2.05) is 60.7 Å². The van der Waals surface area contributed by atoms with Crippen molar-refractivity contribution in [2.24, 2.45) is 0 Å². The molecule has 0 saturated carbocycles. The minimum atomic E-state index is -1.07. The van der Waals surface area contributed by atoms with Crippen molar-refractivity contribution >= 4 is 5.97 Å². The zero-order valence-corrected chi connectivity index (χ0v) is 11.6. The Morgan fingerprint density at radius 1 is 1.05 bits per heavy atom. The summed E-state index contributed by atoms with van der Waals surface area (Å²) < 4.78 is 6.72. The maximum Gasteiger partial charge on any atom is 0.341 e. The minimum Gasteiger partial charge on any atom is -0.479 e. The molecule has 3 rings (SSSR count). The standard InChI is InChI=1S/C16H13N3O3/c20-14(21)11-22-16-17-15(12-7-3-1-4-8-12)19(18-16)13-9-5-2-6-10-13/h1-10H,11H2,(H,20,21). The number of benzene rings is 2. The molecule has 0 aliphatic rings. The number of aromatic nitrogens is 3. The van der Waals surface area contributed by atoms with E-state index in [-0.39, 0.29) is 6.01 Å². The van der Waals surface area contributed by atoms with Gasteiger partial charge in [0.1, 0.15) is 0 Å². The highest BCUT2D eigenvalue weighted by Crippen LogP contribution is 2.23. The van der Waals surface area contributed by atoms with Crippen LogP contribution in [0, 0.1) is 0 Å². The number of para-hydroxylation sites is 1. The average molecular weight is 295 g/mol. The molecule has 0 radical (unpaired) electrons. The third-order valence-corrected chi connectivity index (χ3v) is 2.95. The molecule has 1 N–H and O–H groups in total. The molecule has 0 fully saturated rings. The normalized spacial score (nSPS) is 10.4. The predicted molar refractivity (Wildman–Crippen MR) is 79.9 cm³/mol. The maximum absolute atomic E-state index is 10.6. The van der Waals surface area contributed by atoms with E-state index in [2.05, 4.69) is 10.1 Å². The summed E-state index contributed by atoms with van der Waals surface area (Å²) in [7, 11) is 0. The Kier molecular flexibility index (Phi) is 3.82. The lowest BCUT2D eigenvalue weighted by Crippen LogP contribution is -2.10. The van der Waals surface area contributed by atoms with Crippen molar-refractivity contribution in [3.63, 3.8) is 0 Å². The fourth-order valence-electron chi connectivity index (χ4n) is 2.00. The fourth-order valence-corrected chi connectivity index (χ4v) is 2.00. The second-order valence-corrected chi connectivity index (χ2v) is 4.51. The summed E-state index contributed by atoms with van der Waals surface area (Å²) in [5.41, 5.74) is 1.68. The second-order valence-electron chi connectivity index (χ2n) is 4.51. The molecule has 6 heteroatoms. The van der Waals surface area contributed by atoms with Crippen LogP contribution in [0.3, 0.4) is 0 Å². The molecule has 0 aliphatic heterocycles. The number of aliphatic carboxylic acids is 1. The van der Waals surface area contributed by atoms with Gasteiger partial charge in [0.25, 0.3) is 0 Å². The van der Waals surface area contributed by atoms with E-state index in [0.29, 0.717) is 5.82 Å². The maximum atomic E-state index is 10.6. The van der Waals surface area contributed by atoms with Crippen LogP contribution in [0.25, 0.3) is 17.1 Å². The summed E-state index contributed by atoms with van der Waals surface area (Å²) in [4.78, 5) is 14.9. The lowest BCUT2D eigenvalue weighted by Gasteiger charge is -2.04. The Morgan fingerprint density at radius 3 is 2.32 bits per heavy atom. The van der Waals surface area contributed by atoms with Gasteiger partial charge in [-0.05, 0) is 12.1 Å². The van der Waals surface area contributed by atoms with E-state index >= 15 is 0 Å². The first kappa shape index (κ1) is 13.8. The van der Waals surface area contributed by atoms with Crippen molar-refractivity contribution in [1.82, 2.24) is 14.8 Å². The van der Waals surface area contributed by atoms with Crippen molar-refractivity contribution in [2.75, 3.05) is 6.61 Å². The minimum absolute atomic E-state index is 0.0325. The van der Waals surface area contributed by atoms with Crippen LogP contribution in [0.2, 0.25) is 0 Å². The third kappa shape index (κ3) is 2.95. The molecule has 3 aromatic rings. The first-order valence-electron chi connectivity index (χ1n) is 6.66. The van der Waals surface area contributed by atoms with E-state index in [0.717, 1.165) is 11.3 Å². The molecule has 0 atom stereocenters. The Balaban J connectivity index is 2.04. The molecule has 0 unspecified atom stereocenters. The number of nitrogens with zero attached hydrogens (tertiary/aromatic N) is 3. The molecule has 22 heavy (non-hydrogen) atoms. The van der Waals surface area contributed by atoms with E-state index < -0.39 is 12.6 Å². The zero-order valence-electron chi connectivity index (χ0n) is 11.6. The first-order chi connectivity index (χ1) is 10.7. The van der Waals surface area contributed by atoms with Crippen LogP contribution in [0.4, 0.5) is 0 Å². The van der Waals surface area contributed by atoms with Gasteiger partial charge in [0, 0.05) is 5.56 Å². The number of carboxylic acids is 1. The van der Waals surface area contributed by atoms with Crippen LogP contribution in [-0.2, 0) is 4.79 Å². The molecule has 2 aromatic carbocycles. The lowest BCUT2D eigenvalue weighted by molar-refractivity contribution is -0.139. The molecule has 0 saturated heterocycles. The molecule has 0 amide bonds. The molecule has 1 heterocycles. The molecule has 0 spiro atoms. The number of hydrogen-bond donors (Lipinski definition) is 1. The smallest absolute Gasteiger partial charge is 0.341 e. The second kappa shape index (κ2) is 6.09. The van der Waals surface area contributed by atoms with Gasteiger partial charge in [-0.1, -0.05) is 48.5 Å². The number of rotatable bonds is 5. The van der Waals surface area contributed by atoms with Gasteiger partial charge in [-0.2, -0.15) is 4.98 Å². The Labute approximate surface area is 126 Å². The molecule has 0 bridgehead atoms. The van der Waals surface area contributed by atoms with E-state index in [9.17, 15) is 4.79 Å². The van der Waals surface area contributed by atoms with Gasteiger partial charge in [0.05, 0.1) is 5.69 Å². The molecule has 0 aliphatic carbocycles. The van der Waals surface area contributed by atoms with Crippen molar-refractivity contribution in [3.8, 4) is 23.1 Å². The van der Waals surface area contributed by atoms with Crippen LogP contribution in [0.1, 0.15) is 0 Å². The Bertz CT molecular complexity index is 713. The highest BCUT2D eigenvalue weighted by Gasteiger charge is 2.15. The van der Waals surface area contributed by atoms with Gasteiger partial charge in [0.2, 0.25) is 0 Å². The van der Waals surface area contributed by atoms with Gasteiger partial charge in [-0.3, -0.25) is 0 Å². The molecule has 6 nitrogen and oxygen atoms in total. The Morgan fingerprint density at radius 2 is 1.68 bits per heavy atom. The highest BCUT2D eigenvalue weighted by atomic mass is 16.5. The van der Waals surface area contributed by atoms with Crippen LogP contribution >= 0.6 is 0 Å². The summed E-state index contributed by atoms with van der Waals surface area (Å²) >= 11 is 0. The first-order valence-corrected chi connectivity index (χ1v) is 6.66. The third-order valence-electron chi connectivity index (χ3n) is 2.95. The lowest BCUT2D eigenvalue weighted by atomic mass is 10.2. The topological polar surface area (TPSA) is 77.2 Å². The highest BCUT2D eigenvalue weighted by molar-refractivity contribution is 5.68. The van der Waals surface area contributed by atoms with Crippen LogP contribution in [0.5, 0.6) is 6.01 Å². The van der Waals surface area contributed by atoms with Gasteiger partial charge in [-0.25, -0.2) is 9.48 Å². The van der Waals surface area contributed by atoms with E-state index in [1.165, 1.54) is 0 Å². The number of carbonyl (C=O) groups is 1. The van der Waals surface area contributed by atoms with Crippen molar-refractivity contribution in [3.05, 3.63) is 60.7 Å². The van der Waals surface area contributed by atoms with Gasteiger partial charge in [0.15, 0.2) is 12.4 Å². The number of ether oxygens (including phenoxy) is 1. The zero-order chi connectivity index (χ0) is 15.4. The SMILES string of the molecule is O=C(O)COc1nc(-c2ccccc2)n(-c2ccccc2)n1. The largest absolute Gasteiger partial charge is 0.479 e. The van der Waals surface area contributed by atoms with Gasteiger partial charge in [-0.15, -0.1) is 5.10 Å². The quantitative estimate of drug-likeness (QED) is 0.782. The van der Waals surface area contributed by atoms with Crippen LogP contribution in [-0.4, -0.2) is 32.4 Å². The molecule has 1 aromatic heterocycles. The summed E-state index contributed by atoms with van der Waals surface area (Å²) in [5, 5.41) is 12.9. The van der Waals surface area contributed by atoms with E-state index in [1.54, 1.807) is 4.68 Å². The summed E-state index contributed by atoms with van der Waals surface area (Å²) in [5.74, 6) is -0.482. The van der Waals surface area contributed by atoms with Crippen LogP contribution < -0.4 is 4.74 Å². The predicted octanol–water partition coefficient (Wildman–Crippen LogP) is 2.40. The summed E-state index contributed by atoms with van der Waals surface area (Å²) in [6, 6.07) is 19.0. The average Bonchev–Trinajstić information content (AvgIpc) is 2.99. The fraction of sp³-hybridized carbons (Fsp3) is 0.0625. The van der Waals surface area contributed by atoms with Crippen molar-refractivity contribution in [1.29, 1.82) is 0 Å². The molecule has 110 valence electrons. The Hall–Kier alpha value is -3.15. The molecular formula is C16H13N3O3. The van der Waals surface area contributed by atoms with Gasteiger partial charge >= 0.3 is 12.0 Å². The summed E-state index contributed by atoms with van der Waals surface area (Å²) in [6.45, 7) is -0.479. The monoisotopic (exact) mass is 295 g/mol. The van der Waals surface area contributed by atoms with Crippen LogP contribution in [0.15, 0.2) is 60.7 Å². The van der Waals surface area contributed by atoms with Crippen molar-refractivity contribution in [2.45, 2.75) is 0 Å². The number of hydrogen-bond acceptors (Lipinski definition) is 4.